The standard InChI is InChI=1S/C14H20N2.C4H4O4/c1-16-9-12-4-2-6-13(14(12)10-16)11-5-3-7-15-8-11;5-3(6)1-2-4(7)8/h3,5,7-8,12-14H,2,4,6,9-10H2,1H3;1-2H,(H,5,6)(H,7,8)/b;2-1+/t12-,13-,14+;/m0./s1. The Morgan fingerprint density at radius 2 is 1.92 bits per heavy atom. The number of carboxylic acids is 2. The molecule has 1 saturated carbocycles. The number of carbonyl (C=O) groups is 2. The summed E-state index contributed by atoms with van der Waals surface area (Å²) in [4.78, 5) is 25.9. The van der Waals surface area contributed by atoms with Gasteiger partial charge in [-0.2, -0.15) is 0 Å². The number of likely N-dealkylation sites (tertiary alicyclic amines) is 1. The van der Waals surface area contributed by atoms with Gasteiger partial charge < -0.3 is 15.1 Å². The number of rotatable bonds is 3. The van der Waals surface area contributed by atoms with Crippen molar-refractivity contribution in [3.8, 4) is 0 Å². The first kappa shape index (κ1) is 18.1. The summed E-state index contributed by atoms with van der Waals surface area (Å²) in [6.45, 7) is 2.59. The van der Waals surface area contributed by atoms with Crippen molar-refractivity contribution in [2.24, 2.45) is 11.8 Å². The molecular weight excluding hydrogens is 308 g/mol. The monoisotopic (exact) mass is 332 g/mol. The van der Waals surface area contributed by atoms with Gasteiger partial charge in [0, 0.05) is 37.6 Å². The number of aromatic nitrogens is 1. The van der Waals surface area contributed by atoms with Gasteiger partial charge in [0.15, 0.2) is 0 Å². The van der Waals surface area contributed by atoms with Crippen molar-refractivity contribution in [1.29, 1.82) is 0 Å². The third-order valence-corrected chi connectivity index (χ3v) is 4.76. The maximum atomic E-state index is 9.55. The van der Waals surface area contributed by atoms with Crippen molar-refractivity contribution in [3.05, 3.63) is 42.2 Å². The van der Waals surface area contributed by atoms with Crippen molar-refractivity contribution < 1.29 is 19.8 Å². The molecule has 3 atom stereocenters. The van der Waals surface area contributed by atoms with Gasteiger partial charge >= 0.3 is 11.9 Å². The first-order chi connectivity index (χ1) is 11.5. The van der Waals surface area contributed by atoms with Crippen molar-refractivity contribution in [2.75, 3.05) is 20.1 Å². The van der Waals surface area contributed by atoms with Crippen molar-refractivity contribution in [2.45, 2.75) is 25.2 Å². The second-order valence-corrected chi connectivity index (χ2v) is 6.48. The lowest BCUT2D eigenvalue weighted by Crippen LogP contribution is -2.25. The Bertz CT molecular complexity index is 572. The molecule has 1 aliphatic heterocycles. The minimum atomic E-state index is -1.26. The van der Waals surface area contributed by atoms with Gasteiger partial charge in [-0.1, -0.05) is 12.5 Å². The summed E-state index contributed by atoms with van der Waals surface area (Å²) in [6.07, 6.45) is 9.27. The fourth-order valence-electron chi connectivity index (χ4n) is 3.85. The summed E-state index contributed by atoms with van der Waals surface area (Å²) >= 11 is 0. The molecule has 2 aliphatic rings. The highest BCUT2D eigenvalue weighted by Gasteiger charge is 2.39. The second-order valence-electron chi connectivity index (χ2n) is 6.48. The molecule has 0 bridgehead atoms. The lowest BCUT2D eigenvalue weighted by molar-refractivity contribution is -0.134. The Kier molecular flexibility index (Phi) is 6.49. The van der Waals surface area contributed by atoms with E-state index in [1.165, 1.54) is 37.9 Å². The third kappa shape index (κ3) is 5.16. The molecule has 3 rings (SSSR count). The van der Waals surface area contributed by atoms with E-state index in [-0.39, 0.29) is 0 Å². The molecule has 6 nitrogen and oxygen atoms in total. The zero-order chi connectivity index (χ0) is 17.5. The zero-order valence-electron chi connectivity index (χ0n) is 13.8. The predicted octanol–water partition coefficient (Wildman–Crippen LogP) is 2.24. The average Bonchev–Trinajstić information content (AvgIpc) is 2.94. The minimum Gasteiger partial charge on any atom is -0.478 e. The van der Waals surface area contributed by atoms with Crippen LogP contribution in [0.15, 0.2) is 36.7 Å². The van der Waals surface area contributed by atoms with Crippen molar-refractivity contribution in [3.63, 3.8) is 0 Å². The number of nitrogens with zero attached hydrogens (tertiary/aromatic N) is 2. The van der Waals surface area contributed by atoms with Gasteiger partial charge in [0.05, 0.1) is 0 Å². The van der Waals surface area contributed by atoms with Crippen LogP contribution in [0.5, 0.6) is 0 Å². The first-order valence-corrected chi connectivity index (χ1v) is 8.19. The van der Waals surface area contributed by atoms with E-state index in [4.69, 9.17) is 10.2 Å². The molecule has 0 spiro atoms. The Labute approximate surface area is 141 Å². The van der Waals surface area contributed by atoms with Crippen LogP contribution in [-0.4, -0.2) is 52.2 Å². The SMILES string of the molecule is CN1C[C@@H]2CCC[C@@H](c3cccnc3)[C@@H]2C1.O=C(O)/C=C/C(=O)O. The maximum Gasteiger partial charge on any atom is 0.328 e. The Balaban J connectivity index is 0.000000224. The molecule has 0 amide bonds. The molecule has 0 unspecified atom stereocenters. The third-order valence-electron chi connectivity index (χ3n) is 4.76. The molecule has 2 heterocycles. The number of aliphatic carboxylic acids is 2. The fraction of sp³-hybridized carbons (Fsp3) is 0.500. The average molecular weight is 332 g/mol. The highest BCUT2D eigenvalue weighted by atomic mass is 16.4. The number of hydrogen-bond donors (Lipinski definition) is 2. The highest BCUT2D eigenvalue weighted by molar-refractivity contribution is 5.89. The molecule has 0 aromatic carbocycles. The summed E-state index contributed by atoms with van der Waals surface area (Å²) in [7, 11) is 2.26. The number of carboxylic acid groups (broad SMARTS) is 2. The summed E-state index contributed by atoms with van der Waals surface area (Å²) in [5.74, 6) is 0.0594. The van der Waals surface area contributed by atoms with Gasteiger partial charge in [-0.3, -0.25) is 4.98 Å². The molecule has 2 N–H and O–H groups in total. The van der Waals surface area contributed by atoms with Gasteiger partial charge in [0.2, 0.25) is 0 Å². The van der Waals surface area contributed by atoms with Crippen LogP contribution >= 0.6 is 0 Å². The molecule has 1 aromatic heterocycles. The molecule has 0 radical (unpaired) electrons. The second kappa shape index (κ2) is 8.59. The van der Waals surface area contributed by atoms with Crippen LogP contribution < -0.4 is 0 Å². The van der Waals surface area contributed by atoms with E-state index in [1.54, 1.807) is 0 Å². The summed E-state index contributed by atoms with van der Waals surface area (Å²) in [6, 6.07) is 4.34. The van der Waals surface area contributed by atoms with E-state index >= 15 is 0 Å². The minimum absolute atomic E-state index is 0.558. The molecule has 1 aromatic rings. The Morgan fingerprint density at radius 1 is 1.21 bits per heavy atom. The van der Waals surface area contributed by atoms with E-state index in [0.717, 1.165) is 17.8 Å². The normalized spacial score (nSPS) is 26.5. The number of hydrogen-bond acceptors (Lipinski definition) is 4. The molecule has 24 heavy (non-hydrogen) atoms. The van der Waals surface area contributed by atoms with Crippen LogP contribution in [0.1, 0.15) is 30.7 Å². The maximum absolute atomic E-state index is 9.55. The first-order valence-electron chi connectivity index (χ1n) is 8.19. The molecule has 1 aliphatic carbocycles. The topological polar surface area (TPSA) is 90.7 Å². The van der Waals surface area contributed by atoms with Crippen LogP contribution in [0.4, 0.5) is 0 Å². The van der Waals surface area contributed by atoms with Gasteiger partial charge in [0.25, 0.3) is 0 Å². The van der Waals surface area contributed by atoms with Gasteiger partial charge in [-0.15, -0.1) is 0 Å². The zero-order valence-corrected chi connectivity index (χ0v) is 13.8. The summed E-state index contributed by atoms with van der Waals surface area (Å²) < 4.78 is 0. The van der Waals surface area contributed by atoms with Gasteiger partial charge in [-0.05, 0) is 49.3 Å². The lowest BCUT2D eigenvalue weighted by atomic mass is 9.71. The lowest BCUT2D eigenvalue weighted by Gasteiger charge is -2.33. The summed E-state index contributed by atoms with van der Waals surface area (Å²) in [5, 5.41) is 15.6. The number of fused-ring (bicyclic) bond motifs is 1. The van der Waals surface area contributed by atoms with E-state index < -0.39 is 11.9 Å². The Hall–Kier alpha value is -2.21. The van der Waals surface area contributed by atoms with E-state index in [1.807, 2.05) is 6.20 Å². The van der Waals surface area contributed by atoms with Crippen LogP contribution in [0.25, 0.3) is 0 Å². The van der Waals surface area contributed by atoms with Crippen molar-refractivity contribution >= 4 is 11.9 Å². The molecular formula is C18H24N2O4. The molecule has 2 fully saturated rings. The van der Waals surface area contributed by atoms with Gasteiger partial charge in [-0.25, -0.2) is 9.59 Å². The van der Waals surface area contributed by atoms with Crippen LogP contribution in [0, 0.1) is 11.8 Å². The highest BCUT2D eigenvalue weighted by Crippen LogP contribution is 2.44. The van der Waals surface area contributed by atoms with E-state index in [9.17, 15) is 9.59 Å². The molecule has 130 valence electrons. The quantitative estimate of drug-likeness (QED) is 0.825. The van der Waals surface area contributed by atoms with Crippen LogP contribution in [-0.2, 0) is 9.59 Å². The van der Waals surface area contributed by atoms with Crippen LogP contribution in [0.3, 0.4) is 0 Å². The Morgan fingerprint density at radius 3 is 2.50 bits per heavy atom. The van der Waals surface area contributed by atoms with Crippen LogP contribution in [0.2, 0.25) is 0 Å². The fourth-order valence-corrected chi connectivity index (χ4v) is 3.85. The van der Waals surface area contributed by atoms with E-state index in [0.29, 0.717) is 12.2 Å². The predicted molar refractivity (Wildman–Crippen MR) is 89.7 cm³/mol. The summed E-state index contributed by atoms with van der Waals surface area (Å²) in [5.41, 5.74) is 1.47. The smallest absolute Gasteiger partial charge is 0.328 e. The molecule has 6 heteroatoms. The van der Waals surface area contributed by atoms with Crippen molar-refractivity contribution in [1.82, 2.24) is 9.88 Å². The largest absolute Gasteiger partial charge is 0.478 e. The number of pyridine rings is 1. The van der Waals surface area contributed by atoms with E-state index in [2.05, 4.69) is 35.3 Å². The molecule has 1 saturated heterocycles. The van der Waals surface area contributed by atoms with Gasteiger partial charge in [0.1, 0.15) is 0 Å².